The second-order valence-corrected chi connectivity index (χ2v) is 5.58. The molecule has 1 rings (SSSR count). The van der Waals surface area contributed by atoms with E-state index in [1.807, 2.05) is 20.8 Å². The summed E-state index contributed by atoms with van der Waals surface area (Å²) in [5, 5.41) is 8.60. The number of hydrogen-bond donors (Lipinski definition) is 1. The zero-order valence-electron chi connectivity index (χ0n) is 12.0. The van der Waals surface area contributed by atoms with Gasteiger partial charge in [-0.25, -0.2) is 9.59 Å². The monoisotopic (exact) mass is 280 g/mol. The van der Waals surface area contributed by atoms with E-state index in [2.05, 4.69) is 0 Å². The normalized spacial score (nSPS) is 11.0. The average Bonchev–Trinajstić information content (AvgIpc) is 2.41. The van der Waals surface area contributed by atoms with E-state index in [-0.39, 0.29) is 24.2 Å². The van der Waals surface area contributed by atoms with Crippen molar-refractivity contribution in [3.63, 3.8) is 0 Å². The van der Waals surface area contributed by atoms with Gasteiger partial charge in [-0.3, -0.25) is 0 Å². The van der Waals surface area contributed by atoms with Crippen molar-refractivity contribution in [2.24, 2.45) is 5.41 Å². The van der Waals surface area contributed by atoms with Crippen molar-refractivity contribution in [1.29, 1.82) is 0 Å². The fourth-order valence-corrected chi connectivity index (χ4v) is 1.36. The summed E-state index contributed by atoms with van der Waals surface area (Å²) in [6.07, 6.45) is 0. The molecule has 0 unspecified atom stereocenters. The van der Waals surface area contributed by atoms with Crippen LogP contribution in [0.4, 0.5) is 0 Å². The maximum absolute atomic E-state index is 11.9. The first-order chi connectivity index (χ1) is 9.33. The first kappa shape index (κ1) is 16.2. The molecule has 1 N–H and O–H groups in total. The predicted octanol–water partition coefficient (Wildman–Crippen LogP) is 2.04. The number of rotatable bonds is 5. The van der Waals surface area contributed by atoms with Crippen LogP contribution < -0.4 is 0 Å². The molecule has 1 aromatic carbocycles. The van der Waals surface area contributed by atoms with Gasteiger partial charge in [0.25, 0.3) is 0 Å². The maximum Gasteiger partial charge on any atom is 0.338 e. The van der Waals surface area contributed by atoms with E-state index in [1.54, 1.807) is 18.2 Å². The highest BCUT2D eigenvalue weighted by atomic mass is 16.5. The molecule has 5 heteroatoms. The molecule has 0 saturated heterocycles. The van der Waals surface area contributed by atoms with Crippen LogP contribution in [-0.4, -0.2) is 36.9 Å². The Balaban J connectivity index is 2.72. The van der Waals surface area contributed by atoms with Crippen molar-refractivity contribution < 1.29 is 24.2 Å². The summed E-state index contributed by atoms with van der Waals surface area (Å²) in [5.74, 6) is -1.05. The third kappa shape index (κ3) is 5.40. The van der Waals surface area contributed by atoms with E-state index in [4.69, 9.17) is 14.6 Å². The highest BCUT2D eigenvalue weighted by Gasteiger charge is 2.16. The first-order valence-electron chi connectivity index (χ1n) is 6.38. The van der Waals surface area contributed by atoms with Gasteiger partial charge in [-0.2, -0.15) is 0 Å². The van der Waals surface area contributed by atoms with Gasteiger partial charge in [0.2, 0.25) is 0 Å². The molecule has 0 atom stereocenters. The fourth-order valence-electron chi connectivity index (χ4n) is 1.36. The van der Waals surface area contributed by atoms with Crippen molar-refractivity contribution in [3.05, 3.63) is 35.4 Å². The summed E-state index contributed by atoms with van der Waals surface area (Å²) in [7, 11) is 0. The van der Waals surface area contributed by atoms with Crippen LogP contribution in [0.1, 0.15) is 41.5 Å². The Morgan fingerprint density at radius 2 is 1.65 bits per heavy atom. The smallest absolute Gasteiger partial charge is 0.338 e. The van der Waals surface area contributed by atoms with E-state index in [1.165, 1.54) is 6.07 Å². The zero-order chi connectivity index (χ0) is 15.2. The second kappa shape index (κ2) is 7.05. The van der Waals surface area contributed by atoms with Gasteiger partial charge in [0.1, 0.15) is 6.61 Å². The Hall–Kier alpha value is -1.88. The molecular formula is C15H20O5. The zero-order valence-corrected chi connectivity index (χ0v) is 12.0. The first-order valence-corrected chi connectivity index (χ1v) is 6.38. The van der Waals surface area contributed by atoms with E-state index in [0.717, 1.165) is 0 Å². The minimum absolute atomic E-state index is 0.0719. The van der Waals surface area contributed by atoms with Crippen molar-refractivity contribution in [1.82, 2.24) is 0 Å². The Kier molecular flexibility index (Phi) is 5.70. The molecule has 20 heavy (non-hydrogen) atoms. The molecule has 0 aromatic heterocycles. The second-order valence-electron chi connectivity index (χ2n) is 5.58. The third-order valence-electron chi connectivity index (χ3n) is 2.29. The molecule has 0 fully saturated rings. The highest BCUT2D eigenvalue weighted by molar-refractivity contribution is 5.95. The molecule has 0 aliphatic carbocycles. The quantitative estimate of drug-likeness (QED) is 0.836. The lowest BCUT2D eigenvalue weighted by molar-refractivity contribution is 0.0366. The van der Waals surface area contributed by atoms with Gasteiger partial charge in [0.15, 0.2) is 0 Å². The van der Waals surface area contributed by atoms with Crippen LogP contribution in [0.2, 0.25) is 0 Å². The summed E-state index contributed by atoms with van der Waals surface area (Å²) in [6.45, 7) is 5.87. The van der Waals surface area contributed by atoms with Crippen LogP contribution in [0.5, 0.6) is 0 Å². The molecule has 0 heterocycles. The molecular weight excluding hydrogens is 260 g/mol. The molecule has 0 bridgehead atoms. The van der Waals surface area contributed by atoms with E-state index < -0.39 is 11.9 Å². The molecule has 0 aliphatic rings. The summed E-state index contributed by atoms with van der Waals surface area (Å²) < 4.78 is 9.96. The number of aliphatic hydroxyl groups is 1. The lowest BCUT2D eigenvalue weighted by atomic mass is 9.99. The SMILES string of the molecule is CC(C)(C)COC(=O)c1cccc(C(=O)OCCO)c1. The minimum atomic E-state index is -0.579. The van der Waals surface area contributed by atoms with E-state index in [9.17, 15) is 9.59 Å². The van der Waals surface area contributed by atoms with Crippen molar-refractivity contribution in [2.75, 3.05) is 19.8 Å². The van der Waals surface area contributed by atoms with Crippen molar-refractivity contribution in [2.45, 2.75) is 20.8 Å². The number of hydrogen-bond acceptors (Lipinski definition) is 5. The lowest BCUT2D eigenvalue weighted by Crippen LogP contribution is -2.18. The number of benzene rings is 1. The Bertz CT molecular complexity index is 473. The van der Waals surface area contributed by atoms with Gasteiger partial charge in [-0.15, -0.1) is 0 Å². The third-order valence-corrected chi connectivity index (χ3v) is 2.29. The maximum atomic E-state index is 11.9. The van der Waals surface area contributed by atoms with Crippen molar-refractivity contribution >= 4 is 11.9 Å². The lowest BCUT2D eigenvalue weighted by Gasteiger charge is -2.17. The van der Waals surface area contributed by atoms with Crippen LogP contribution in [0.25, 0.3) is 0 Å². The van der Waals surface area contributed by atoms with Crippen LogP contribution in [-0.2, 0) is 9.47 Å². The molecule has 110 valence electrons. The molecule has 5 nitrogen and oxygen atoms in total. The predicted molar refractivity (Wildman–Crippen MR) is 73.5 cm³/mol. The topological polar surface area (TPSA) is 72.8 Å². The molecule has 1 aromatic rings. The largest absolute Gasteiger partial charge is 0.462 e. The molecule has 0 saturated carbocycles. The van der Waals surface area contributed by atoms with Crippen LogP contribution in [0.15, 0.2) is 24.3 Å². The fraction of sp³-hybridized carbons (Fsp3) is 0.467. The van der Waals surface area contributed by atoms with E-state index >= 15 is 0 Å². The number of carbonyl (C=O) groups excluding carboxylic acids is 2. The summed E-state index contributed by atoms with van der Waals surface area (Å²) in [5.41, 5.74) is 0.434. The molecule has 0 radical (unpaired) electrons. The molecule has 0 spiro atoms. The van der Waals surface area contributed by atoms with Gasteiger partial charge in [0, 0.05) is 0 Å². The summed E-state index contributed by atoms with van der Waals surface area (Å²) >= 11 is 0. The Morgan fingerprint density at radius 3 is 2.15 bits per heavy atom. The Labute approximate surface area is 118 Å². The van der Waals surface area contributed by atoms with E-state index in [0.29, 0.717) is 12.2 Å². The average molecular weight is 280 g/mol. The van der Waals surface area contributed by atoms with Gasteiger partial charge < -0.3 is 14.6 Å². The Morgan fingerprint density at radius 1 is 1.10 bits per heavy atom. The van der Waals surface area contributed by atoms with Gasteiger partial charge in [-0.05, 0) is 23.6 Å². The summed E-state index contributed by atoms with van der Waals surface area (Å²) in [6, 6.07) is 6.13. The van der Waals surface area contributed by atoms with Crippen LogP contribution >= 0.6 is 0 Å². The van der Waals surface area contributed by atoms with Gasteiger partial charge >= 0.3 is 11.9 Å². The molecule has 0 aliphatic heterocycles. The standard InChI is InChI=1S/C15H20O5/c1-15(2,3)10-20-14(18)12-6-4-5-11(9-12)13(17)19-8-7-16/h4-6,9,16H,7-8,10H2,1-3H3. The minimum Gasteiger partial charge on any atom is -0.462 e. The van der Waals surface area contributed by atoms with Gasteiger partial charge in [-0.1, -0.05) is 26.8 Å². The number of esters is 2. The highest BCUT2D eigenvalue weighted by Crippen LogP contribution is 2.15. The van der Waals surface area contributed by atoms with Gasteiger partial charge in [0.05, 0.1) is 24.3 Å². The number of aliphatic hydroxyl groups excluding tert-OH is 1. The number of ether oxygens (including phenoxy) is 2. The summed E-state index contributed by atoms with van der Waals surface area (Å²) in [4.78, 5) is 23.5. The molecule has 0 amide bonds. The van der Waals surface area contributed by atoms with Crippen LogP contribution in [0.3, 0.4) is 0 Å². The van der Waals surface area contributed by atoms with Crippen LogP contribution in [0, 0.1) is 5.41 Å². The number of carbonyl (C=O) groups is 2. The van der Waals surface area contributed by atoms with Crippen molar-refractivity contribution in [3.8, 4) is 0 Å².